The van der Waals surface area contributed by atoms with Crippen LogP contribution in [0, 0.1) is 0 Å². The SMILES string of the molecule is CCCC(NC(=O)OCC1c2ccccc2-c2ccccc21)C(=O)NCc1nc(C(=O)O)cs1. The first kappa shape index (κ1) is 23.4. The number of fused-ring (bicyclic) bond motifs is 3. The second-order valence-corrected chi connectivity index (χ2v) is 8.90. The van der Waals surface area contributed by atoms with E-state index < -0.39 is 18.1 Å². The first-order valence-electron chi connectivity index (χ1n) is 11.0. The number of carbonyl (C=O) groups excluding carboxylic acids is 2. The van der Waals surface area contributed by atoms with Crippen LogP contribution in [-0.4, -0.2) is 40.7 Å². The molecule has 2 amide bonds. The van der Waals surface area contributed by atoms with Crippen LogP contribution in [0.1, 0.15) is 52.3 Å². The van der Waals surface area contributed by atoms with Gasteiger partial charge in [0.15, 0.2) is 5.69 Å². The number of amides is 2. The lowest BCUT2D eigenvalue weighted by Gasteiger charge is -2.19. The predicted molar refractivity (Wildman–Crippen MR) is 128 cm³/mol. The first-order valence-corrected chi connectivity index (χ1v) is 11.9. The van der Waals surface area contributed by atoms with Crippen LogP contribution in [-0.2, 0) is 16.1 Å². The van der Waals surface area contributed by atoms with Crippen molar-refractivity contribution in [1.29, 1.82) is 0 Å². The van der Waals surface area contributed by atoms with Gasteiger partial charge in [0, 0.05) is 11.3 Å². The number of rotatable bonds is 9. The van der Waals surface area contributed by atoms with Gasteiger partial charge >= 0.3 is 12.1 Å². The highest BCUT2D eigenvalue weighted by Crippen LogP contribution is 2.44. The lowest BCUT2D eigenvalue weighted by Crippen LogP contribution is -2.46. The molecule has 1 aliphatic carbocycles. The predicted octanol–water partition coefficient (Wildman–Crippen LogP) is 4.16. The summed E-state index contributed by atoms with van der Waals surface area (Å²) in [6, 6.07) is 15.4. The maximum Gasteiger partial charge on any atom is 0.407 e. The number of ether oxygens (including phenoxy) is 1. The minimum atomic E-state index is -1.12. The number of alkyl carbamates (subject to hydrolysis) is 1. The molecule has 0 saturated heterocycles. The van der Waals surface area contributed by atoms with Gasteiger partial charge in [-0.2, -0.15) is 0 Å². The molecule has 0 spiro atoms. The highest BCUT2D eigenvalue weighted by molar-refractivity contribution is 7.09. The number of nitrogens with zero attached hydrogens (tertiary/aromatic N) is 1. The van der Waals surface area contributed by atoms with E-state index in [-0.39, 0.29) is 30.7 Å². The van der Waals surface area contributed by atoms with Gasteiger partial charge in [0.05, 0.1) is 6.54 Å². The molecule has 0 fully saturated rings. The number of carbonyl (C=O) groups is 3. The van der Waals surface area contributed by atoms with Crippen LogP contribution >= 0.6 is 11.3 Å². The molecule has 0 radical (unpaired) electrons. The molecule has 1 heterocycles. The van der Waals surface area contributed by atoms with E-state index in [0.29, 0.717) is 17.8 Å². The van der Waals surface area contributed by atoms with Crippen molar-refractivity contribution in [2.45, 2.75) is 38.3 Å². The van der Waals surface area contributed by atoms with E-state index in [0.717, 1.165) is 33.6 Å². The Morgan fingerprint density at radius 1 is 1.09 bits per heavy atom. The lowest BCUT2D eigenvalue weighted by atomic mass is 9.98. The van der Waals surface area contributed by atoms with E-state index in [2.05, 4.69) is 27.8 Å². The monoisotopic (exact) mass is 479 g/mol. The topological polar surface area (TPSA) is 118 Å². The van der Waals surface area contributed by atoms with Gasteiger partial charge in [0.2, 0.25) is 5.91 Å². The number of aromatic nitrogens is 1. The summed E-state index contributed by atoms with van der Waals surface area (Å²) in [7, 11) is 0. The molecular weight excluding hydrogens is 454 g/mol. The Morgan fingerprint density at radius 2 is 1.74 bits per heavy atom. The molecule has 0 aliphatic heterocycles. The van der Waals surface area contributed by atoms with Crippen LogP contribution in [0.4, 0.5) is 4.79 Å². The van der Waals surface area contributed by atoms with Gasteiger partial charge in [-0.3, -0.25) is 4.79 Å². The number of carboxylic acid groups (broad SMARTS) is 1. The first-order chi connectivity index (χ1) is 16.5. The summed E-state index contributed by atoms with van der Waals surface area (Å²) in [4.78, 5) is 40.1. The zero-order valence-corrected chi connectivity index (χ0v) is 19.4. The third-order valence-corrected chi connectivity index (χ3v) is 6.56. The van der Waals surface area contributed by atoms with E-state index in [9.17, 15) is 14.4 Å². The average Bonchev–Trinajstić information content (AvgIpc) is 3.44. The molecule has 3 N–H and O–H groups in total. The van der Waals surface area contributed by atoms with Crippen molar-refractivity contribution in [2.75, 3.05) is 6.61 Å². The van der Waals surface area contributed by atoms with Crippen LogP contribution in [0.25, 0.3) is 11.1 Å². The minimum Gasteiger partial charge on any atom is -0.476 e. The van der Waals surface area contributed by atoms with Crippen LogP contribution in [0.3, 0.4) is 0 Å². The maximum atomic E-state index is 12.6. The van der Waals surface area contributed by atoms with E-state index in [4.69, 9.17) is 9.84 Å². The van der Waals surface area contributed by atoms with Crippen molar-refractivity contribution in [1.82, 2.24) is 15.6 Å². The molecule has 34 heavy (non-hydrogen) atoms. The van der Waals surface area contributed by atoms with Crippen LogP contribution < -0.4 is 10.6 Å². The van der Waals surface area contributed by atoms with E-state index in [1.807, 2.05) is 43.3 Å². The van der Waals surface area contributed by atoms with Crippen molar-refractivity contribution in [3.05, 3.63) is 75.7 Å². The Morgan fingerprint density at radius 3 is 2.32 bits per heavy atom. The quantitative estimate of drug-likeness (QED) is 0.424. The number of carboxylic acids is 1. The van der Waals surface area contributed by atoms with Gasteiger partial charge in [-0.15, -0.1) is 11.3 Å². The average molecular weight is 480 g/mol. The largest absolute Gasteiger partial charge is 0.476 e. The van der Waals surface area contributed by atoms with E-state index >= 15 is 0 Å². The van der Waals surface area contributed by atoms with Crippen molar-refractivity contribution in [2.24, 2.45) is 0 Å². The highest BCUT2D eigenvalue weighted by atomic mass is 32.1. The van der Waals surface area contributed by atoms with Gasteiger partial charge in [-0.05, 0) is 28.7 Å². The molecule has 4 rings (SSSR count). The molecule has 1 unspecified atom stereocenters. The third kappa shape index (κ3) is 5.09. The molecule has 3 aromatic rings. The molecular formula is C25H25N3O5S. The Balaban J connectivity index is 1.35. The van der Waals surface area contributed by atoms with Gasteiger partial charge in [0.1, 0.15) is 17.7 Å². The molecule has 9 heteroatoms. The van der Waals surface area contributed by atoms with Crippen molar-refractivity contribution < 1.29 is 24.2 Å². The van der Waals surface area contributed by atoms with Crippen LogP contribution in [0.15, 0.2) is 53.9 Å². The van der Waals surface area contributed by atoms with Gasteiger partial charge in [-0.1, -0.05) is 61.9 Å². The summed E-state index contributed by atoms with van der Waals surface area (Å²) in [5, 5.41) is 16.2. The number of benzene rings is 2. The third-order valence-electron chi connectivity index (χ3n) is 5.71. The molecule has 1 atom stereocenters. The van der Waals surface area contributed by atoms with Crippen LogP contribution in [0.2, 0.25) is 0 Å². The zero-order valence-electron chi connectivity index (χ0n) is 18.6. The molecule has 176 valence electrons. The molecule has 8 nitrogen and oxygen atoms in total. The summed E-state index contributed by atoms with van der Waals surface area (Å²) in [6.07, 6.45) is 0.467. The number of hydrogen-bond acceptors (Lipinski definition) is 6. The summed E-state index contributed by atoms with van der Waals surface area (Å²) < 4.78 is 5.55. The fourth-order valence-electron chi connectivity index (χ4n) is 4.12. The van der Waals surface area contributed by atoms with E-state index in [1.165, 1.54) is 5.38 Å². The number of nitrogens with one attached hydrogen (secondary N) is 2. The number of aromatic carboxylic acids is 1. The Kier molecular flexibility index (Phi) is 7.22. The summed E-state index contributed by atoms with van der Waals surface area (Å²) in [5.41, 5.74) is 4.45. The molecule has 1 aromatic heterocycles. The standard InChI is InChI=1S/C25H25N3O5S/c1-2-7-20(23(29)26-12-22-27-21(14-34-22)24(30)31)28-25(32)33-13-19-17-10-5-3-8-15(17)16-9-4-6-11-18(16)19/h3-6,8-11,14,19-20H,2,7,12-13H2,1H3,(H,26,29)(H,28,32)(H,30,31). The van der Waals surface area contributed by atoms with Crippen molar-refractivity contribution >= 4 is 29.3 Å². The number of thiazole rings is 1. The van der Waals surface area contributed by atoms with Gasteiger partial charge in [0.25, 0.3) is 0 Å². The number of hydrogen-bond donors (Lipinski definition) is 3. The molecule has 0 saturated carbocycles. The zero-order chi connectivity index (χ0) is 24.1. The van der Waals surface area contributed by atoms with Crippen LogP contribution in [0.5, 0.6) is 0 Å². The lowest BCUT2D eigenvalue weighted by molar-refractivity contribution is -0.123. The fraction of sp³-hybridized carbons (Fsp3) is 0.280. The minimum absolute atomic E-state index is 0.0591. The highest BCUT2D eigenvalue weighted by Gasteiger charge is 2.29. The Hall–Kier alpha value is -3.72. The summed E-state index contributed by atoms with van der Waals surface area (Å²) in [5.74, 6) is -1.55. The smallest absolute Gasteiger partial charge is 0.407 e. The van der Waals surface area contributed by atoms with Crippen molar-refractivity contribution in [3.8, 4) is 11.1 Å². The fourth-order valence-corrected chi connectivity index (χ4v) is 4.82. The van der Waals surface area contributed by atoms with Gasteiger partial charge in [-0.25, -0.2) is 14.6 Å². The maximum absolute atomic E-state index is 12.6. The Labute approximate surface area is 201 Å². The molecule has 1 aliphatic rings. The van der Waals surface area contributed by atoms with E-state index in [1.54, 1.807) is 0 Å². The summed E-state index contributed by atoms with van der Waals surface area (Å²) in [6.45, 7) is 2.17. The normalized spacial score (nSPS) is 13.0. The second kappa shape index (κ2) is 10.5. The Bertz CT molecular complexity index is 1160. The van der Waals surface area contributed by atoms with Crippen molar-refractivity contribution in [3.63, 3.8) is 0 Å². The molecule has 2 aromatic carbocycles. The second-order valence-electron chi connectivity index (χ2n) is 7.96. The molecule has 0 bridgehead atoms. The summed E-state index contributed by atoms with van der Waals surface area (Å²) >= 11 is 1.15. The van der Waals surface area contributed by atoms with Gasteiger partial charge < -0.3 is 20.5 Å².